The molecule has 1 saturated heterocycles. The van der Waals surface area contributed by atoms with Crippen molar-refractivity contribution in [2.45, 2.75) is 37.6 Å². The monoisotopic (exact) mass is 169 g/mol. The van der Waals surface area contributed by atoms with Crippen molar-refractivity contribution >= 4 is 5.97 Å². The maximum Gasteiger partial charge on any atom is 0.324 e. The number of piperidine rings is 1. The zero-order valence-electron chi connectivity index (χ0n) is 7.18. The van der Waals surface area contributed by atoms with E-state index in [-0.39, 0.29) is 0 Å². The van der Waals surface area contributed by atoms with Crippen LogP contribution in [0, 0.1) is 5.92 Å². The van der Waals surface area contributed by atoms with Crippen LogP contribution in [0.4, 0.5) is 0 Å². The number of hydrogen-bond donors (Lipinski definition) is 2. The molecule has 2 fully saturated rings. The lowest BCUT2D eigenvalue weighted by Gasteiger charge is -2.34. The van der Waals surface area contributed by atoms with Gasteiger partial charge in [-0.05, 0) is 44.6 Å². The topological polar surface area (TPSA) is 49.3 Å². The third-order valence-corrected chi connectivity index (χ3v) is 3.09. The maximum atomic E-state index is 11.1. The molecular weight excluding hydrogens is 154 g/mol. The number of rotatable bonds is 2. The summed E-state index contributed by atoms with van der Waals surface area (Å²) in [6.45, 7) is 0.878. The van der Waals surface area contributed by atoms with Crippen molar-refractivity contribution < 1.29 is 9.90 Å². The number of carboxylic acids is 1. The first-order chi connectivity index (χ1) is 5.76. The summed E-state index contributed by atoms with van der Waals surface area (Å²) in [6.07, 6.45) is 5.21. The maximum absolute atomic E-state index is 11.1. The standard InChI is InChI=1S/C9H15NO2/c11-8(12)9(7-3-4-7)5-1-2-6-10-9/h7,10H,1-6H2,(H,11,12)/t9-/m0/s1. The SMILES string of the molecule is O=C(O)[C@@]1(C2CC2)CCCCN1. The Morgan fingerprint density at radius 3 is 2.58 bits per heavy atom. The molecule has 1 aliphatic heterocycles. The number of carboxylic acid groups (broad SMARTS) is 1. The molecule has 1 aliphatic carbocycles. The van der Waals surface area contributed by atoms with Gasteiger partial charge in [-0.1, -0.05) is 0 Å². The average molecular weight is 169 g/mol. The predicted octanol–water partition coefficient (Wildman–Crippen LogP) is 0.993. The van der Waals surface area contributed by atoms with Crippen LogP contribution in [0.3, 0.4) is 0 Å². The first-order valence-electron chi connectivity index (χ1n) is 4.74. The van der Waals surface area contributed by atoms with E-state index in [1.807, 2.05) is 0 Å². The molecule has 2 rings (SSSR count). The van der Waals surface area contributed by atoms with Crippen molar-refractivity contribution in [3.05, 3.63) is 0 Å². The highest BCUT2D eigenvalue weighted by Gasteiger charge is 2.51. The molecule has 0 aromatic rings. The fourth-order valence-electron chi connectivity index (χ4n) is 2.21. The Morgan fingerprint density at radius 1 is 1.42 bits per heavy atom. The van der Waals surface area contributed by atoms with Crippen molar-refractivity contribution in [2.75, 3.05) is 6.54 Å². The second kappa shape index (κ2) is 2.73. The van der Waals surface area contributed by atoms with E-state index >= 15 is 0 Å². The minimum atomic E-state index is -0.635. The summed E-state index contributed by atoms with van der Waals surface area (Å²) < 4.78 is 0. The highest BCUT2D eigenvalue weighted by Crippen LogP contribution is 2.43. The Morgan fingerprint density at radius 2 is 2.17 bits per heavy atom. The predicted molar refractivity (Wildman–Crippen MR) is 44.9 cm³/mol. The normalized spacial score (nSPS) is 36.3. The number of nitrogens with one attached hydrogen (secondary N) is 1. The zero-order chi connectivity index (χ0) is 8.60. The van der Waals surface area contributed by atoms with E-state index in [1.54, 1.807) is 0 Å². The minimum Gasteiger partial charge on any atom is -0.480 e. The number of hydrogen-bond acceptors (Lipinski definition) is 2. The Balaban J connectivity index is 2.13. The molecule has 3 nitrogen and oxygen atoms in total. The van der Waals surface area contributed by atoms with E-state index in [9.17, 15) is 4.79 Å². The third-order valence-electron chi connectivity index (χ3n) is 3.09. The van der Waals surface area contributed by atoms with E-state index in [4.69, 9.17) is 5.11 Å². The summed E-state index contributed by atoms with van der Waals surface area (Å²) in [6, 6.07) is 0. The molecular formula is C9H15NO2. The zero-order valence-corrected chi connectivity index (χ0v) is 7.18. The summed E-state index contributed by atoms with van der Waals surface area (Å²) in [5, 5.41) is 12.3. The van der Waals surface area contributed by atoms with Crippen molar-refractivity contribution in [2.24, 2.45) is 5.92 Å². The van der Waals surface area contributed by atoms with Gasteiger partial charge in [0.1, 0.15) is 5.54 Å². The fourth-order valence-corrected chi connectivity index (χ4v) is 2.21. The van der Waals surface area contributed by atoms with Gasteiger partial charge in [0.2, 0.25) is 0 Å². The van der Waals surface area contributed by atoms with Crippen LogP contribution in [-0.2, 0) is 4.79 Å². The van der Waals surface area contributed by atoms with Crippen molar-refractivity contribution in [3.63, 3.8) is 0 Å². The Hall–Kier alpha value is -0.570. The van der Waals surface area contributed by atoms with Gasteiger partial charge in [0.05, 0.1) is 0 Å². The summed E-state index contributed by atoms with van der Waals surface area (Å²) in [5.41, 5.74) is -0.543. The lowest BCUT2D eigenvalue weighted by atomic mass is 9.84. The molecule has 2 N–H and O–H groups in total. The lowest BCUT2D eigenvalue weighted by Crippen LogP contribution is -2.56. The summed E-state index contributed by atoms with van der Waals surface area (Å²) in [4.78, 5) is 11.1. The van der Waals surface area contributed by atoms with Crippen LogP contribution in [0.2, 0.25) is 0 Å². The van der Waals surface area contributed by atoms with E-state index in [1.165, 1.54) is 0 Å². The van der Waals surface area contributed by atoms with Gasteiger partial charge in [0.25, 0.3) is 0 Å². The molecule has 1 heterocycles. The molecule has 2 aliphatic rings. The molecule has 0 radical (unpaired) electrons. The molecule has 0 aromatic carbocycles. The van der Waals surface area contributed by atoms with Crippen molar-refractivity contribution in [1.82, 2.24) is 5.32 Å². The first kappa shape index (κ1) is 8.05. The van der Waals surface area contributed by atoms with Gasteiger partial charge in [-0.25, -0.2) is 0 Å². The lowest BCUT2D eigenvalue weighted by molar-refractivity contribution is -0.147. The molecule has 1 atom stereocenters. The molecule has 3 heteroatoms. The number of carbonyl (C=O) groups is 1. The smallest absolute Gasteiger partial charge is 0.324 e. The van der Waals surface area contributed by atoms with Crippen LogP contribution < -0.4 is 5.32 Å². The van der Waals surface area contributed by atoms with Crippen LogP contribution in [0.25, 0.3) is 0 Å². The quantitative estimate of drug-likeness (QED) is 0.648. The molecule has 1 saturated carbocycles. The summed E-state index contributed by atoms with van der Waals surface area (Å²) in [5.74, 6) is -0.222. The number of aliphatic carboxylic acids is 1. The van der Waals surface area contributed by atoms with Crippen LogP contribution in [0.15, 0.2) is 0 Å². The van der Waals surface area contributed by atoms with Gasteiger partial charge >= 0.3 is 5.97 Å². The Labute approximate surface area is 72.2 Å². The first-order valence-corrected chi connectivity index (χ1v) is 4.74. The van der Waals surface area contributed by atoms with Gasteiger partial charge in [-0.3, -0.25) is 4.79 Å². The molecule has 0 aromatic heterocycles. The second-order valence-corrected chi connectivity index (χ2v) is 3.93. The van der Waals surface area contributed by atoms with Crippen LogP contribution >= 0.6 is 0 Å². The van der Waals surface area contributed by atoms with Gasteiger partial charge in [-0.2, -0.15) is 0 Å². The van der Waals surface area contributed by atoms with E-state index < -0.39 is 11.5 Å². The summed E-state index contributed by atoms with van der Waals surface area (Å²) in [7, 11) is 0. The molecule has 12 heavy (non-hydrogen) atoms. The van der Waals surface area contributed by atoms with Crippen LogP contribution in [-0.4, -0.2) is 23.2 Å². The second-order valence-electron chi connectivity index (χ2n) is 3.93. The molecule has 68 valence electrons. The van der Waals surface area contributed by atoms with Crippen molar-refractivity contribution in [1.29, 1.82) is 0 Å². The minimum absolute atomic E-state index is 0.412. The fraction of sp³-hybridized carbons (Fsp3) is 0.889. The molecule has 0 unspecified atom stereocenters. The van der Waals surface area contributed by atoms with E-state index in [2.05, 4.69) is 5.32 Å². The van der Waals surface area contributed by atoms with Crippen LogP contribution in [0.5, 0.6) is 0 Å². The van der Waals surface area contributed by atoms with E-state index in [0.29, 0.717) is 5.92 Å². The van der Waals surface area contributed by atoms with E-state index in [0.717, 1.165) is 38.6 Å². The highest BCUT2D eigenvalue weighted by atomic mass is 16.4. The highest BCUT2D eigenvalue weighted by molar-refractivity contribution is 5.80. The Kier molecular flexibility index (Phi) is 1.83. The van der Waals surface area contributed by atoms with Gasteiger partial charge in [-0.15, -0.1) is 0 Å². The van der Waals surface area contributed by atoms with Gasteiger partial charge < -0.3 is 10.4 Å². The largest absolute Gasteiger partial charge is 0.480 e. The third kappa shape index (κ3) is 1.12. The average Bonchev–Trinajstić information content (AvgIpc) is 2.88. The van der Waals surface area contributed by atoms with Gasteiger partial charge in [0.15, 0.2) is 0 Å². The molecule has 0 amide bonds. The van der Waals surface area contributed by atoms with Crippen LogP contribution in [0.1, 0.15) is 32.1 Å². The van der Waals surface area contributed by atoms with Crippen molar-refractivity contribution in [3.8, 4) is 0 Å². The van der Waals surface area contributed by atoms with Gasteiger partial charge in [0, 0.05) is 0 Å². The Bertz CT molecular complexity index is 193. The molecule has 0 bridgehead atoms. The molecule has 0 spiro atoms. The summed E-state index contributed by atoms with van der Waals surface area (Å²) >= 11 is 0.